The molecule has 1 N–H and O–H groups in total. The summed E-state index contributed by atoms with van der Waals surface area (Å²) in [7, 11) is 0. The molecule has 1 unspecified atom stereocenters. The average molecular weight is 258 g/mol. The van der Waals surface area contributed by atoms with Gasteiger partial charge in [-0.1, -0.05) is 11.6 Å². The topological polar surface area (TPSA) is 37.8 Å². The van der Waals surface area contributed by atoms with Gasteiger partial charge in [0, 0.05) is 17.4 Å². The van der Waals surface area contributed by atoms with Gasteiger partial charge in [-0.15, -0.1) is 0 Å². The molecule has 1 saturated heterocycles. The first-order chi connectivity index (χ1) is 7.66. The van der Waals surface area contributed by atoms with E-state index in [4.69, 9.17) is 11.6 Å². The van der Waals surface area contributed by atoms with Crippen molar-refractivity contribution >= 4 is 29.2 Å². The van der Waals surface area contributed by atoms with Crippen LogP contribution in [0.1, 0.15) is 24.2 Å². The second kappa shape index (κ2) is 5.23. The van der Waals surface area contributed by atoms with Crippen molar-refractivity contribution in [1.29, 1.82) is 0 Å². The van der Waals surface area contributed by atoms with Crippen LogP contribution in [0.15, 0.2) is 0 Å². The van der Waals surface area contributed by atoms with Gasteiger partial charge >= 0.3 is 0 Å². The minimum atomic E-state index is 0.516. The third-order valence-corrected chi connectivity index (χ3v) is 4.28. The lowest BCUT2D eigenvalue weighted by Gasteiger charge is -2.24. The fraction of sp³-hybridized carbons (Fsp3) is 0.636. The van der Waals surface area contributed by atoms with Gasteiger partial charge in [0.15, 0.2) is 0 Å². The Labute approximate surface area is 105 Å². The Morgan fingerprint density at radius 2 is 2.19 bits per heavy atom. The molecule has 0 saturated carbocycles. The quantitative estimate of drug-likeness (QED) is 0.827. The van der Waals surface area contributed by atoms with Gasteiger partial charge in [0.25, 0.3) is 0 Å². The highest BCUT2D eigenvalue weighted by Crippen LogP contribution is 2.24. The molecule has 1 aromatic heterocycles. The van der Waals surface area contributed by atoms with Crippen molar-refractivity contribution in [2.45, 2.75) is 32.7 Å². The van der Waals surface area contributed by atoms with E-state index < -0.39 is 0 Å². The predicted octanol–water partition coefficient (Wildman–Crippen LogP) is 3.05. The molecule has 0 bridgehead atoms. The van der Waals surface area contributed by atoms with E-state index in [1.165, 1.54) is 18.6 Å². The Kier molecular flexibility index (Phi) is 3.92. The van der Waals surface area contributed by atoms with E-state index in [1.54, 1.807) is 0 Å². The monoisotopic (exact) mass is 257 g/mol. The number of aryl methyl sites for hydroxylation is 1. The number of halogens is 1. The fourth-order valence-electron chi connectivity index (χ4n) is 1.78. The van der Waals surface area contributed by atoms with Gasteiger partial charge in [-0.2, -0.15) is 11.8 Å². The second-order valence-corrected chi connectivity index (χ2v) is 5.60. The van der Waals surface area contributed by atoms with Crippen LogP contribution in [0.2, 0.25) is 5.15 Å². The summed E-state index contributed by atoms with van der Waals surface area (Å²) in [5.74, 6) is 4.05. The number of rotatable bonds is 2. The van der Waals surface area contributed by atoms with Gasteiger partial charge in [-0.05, 0) is 32.4 Å². The van der Waals surface area contributed by atoms with E-state index in [-0.39, 0.29) is 0 Å². The van der Waals surface area contributed by atoms with Crippen molar-refractivity contribution in [3.63, 3.8) is 0 Å². The van der Waals surface area contributed by atoms with Crippen LogP contribution in [0, 0.1) is 13.8 Å². The Hall–Kier alpha value is -0.480. The van der Waals surface area contributed by atoms with Crippen LogP contribution in [0.4, 0.5) is 5.82 Å². The van der Waals surface area contributed by atoms with Gasteiger partial charge in [0.05, 0.1) is 0 Å². The van der Waals surface area contributed by atoms with E-state index in [0.29, 0.717) is 11.2 Å². The standard InChI is InChI=1S/C11H16ClN3S/c1-7-10(12)13-8(2)14-11(7)15-9-4-3-5-16-6-9/h9H,3-6H2,1-2H3,(H,13,14,15). The van der Waals surface area contributed by atoms with Crippen molar-refractivity contribution in [3.8, 4) is 0 Å². The number of thioether (sulfide) groups is 1. The zero-order valence-corrected chi connectivity index (χ0v) is 11.2. The minimum absolute atomic E-state index is 0.516. The van der Waals surface area contributed by atoms with Crippen molar-refractivity contribution < 1.29 is 0 Å². The first kappa shape index (κ1) is 12.0. The van der Waals surface area contributed by atoms with Crippen LogP contribution in [-0.4, -0.2) is 27.5 Å². The van der Waals surface area contributed by atoms with Gasteiger partial charge in [0.1, 0.15) is 16.8 Å². The molecule has 5 heteroatoms. The third kappa shape index (κ3) is 2.80. The van der Waals surface area contributed by atoms with E-state index in [2.05, 4.69) is 15.3 Å². The predicted molar refractivity (Wildman–Crippen MR) is 70.5 cm³/mol. The van der Waals surface area contributed by atoms with Crippen LogP contribution in [-0.2, 0) is 0 Å². The van der Waals surface area contributed by atoms with E-state index in [1.807, 2.05) is 25.6 Å². The minimum Gasteiger partial charge on any atom is -0.366 e. The maximum absolute atomic E-state index is 6.04. The van der Waals surface area contributed by atoms with E-state index in [0.717, 1.165) is 23.0 Å². The van der Waals surface area contributed by atoms with Crippen LogP contribution in [0.3, 0.4) is 0 Å². The van der Waals surface area contributed by atoms with E-state index >= 15 is 0 Å². The number of nitrogens with one attached hydrogen (secondary N) is 1. The lowest BCUT2D eigenvalue weighted by molar-refractivity contribution is 0.680. The lowest BCUT2D eigenvalue weighted by Crippen LogP contribution is -2.26. The van der Waals surface area contributed by atoms with Crippen molar-refractivity contribution in [3.05, 3.63) is 16.5 Å². The molecule has 0 aromatic carbocycles. The summed E-state index contributed by atoms with van der Waals surface area (Å²) in [6, 6.07) is 0.516. The summed E-state index contributed by atoms with van der Waals surface area (Å²) in [6.45, 7) is 3.83. The highest BCUT2D eigenvalue weighted by atomic mass is 35.5. The van der Waals surface area contributed by atoms with Crippen molar-refractivity contribution in [2.24, 2.45) is 0 Å². The summed E-state index contributed by atoms with van der Waals surface area (Å²) in [4.78, 5) is 8.55. The van der Waals surface area contributed by atoms with Crippen molar-refractivity contribution in [1.82, 2.24) is 9.97 Å². The third-order valence-electron chi connectivity index (χ3n) is 2.70. The zero-order chi connectivity index (χ0) is 11.5. The number of nitrogens with zero attached hydrogens (tertiary/aromatic N) is 2. The SMILES string of the molecule is Cc1nc(Cl)c(C)c(NC2CCCSC2)n1. The molecule has 3 nitrogen and oxygen atoms in total. The summed E-state index contributed by atoms with van der Waals surface area (Å²) >= 11 is 8.04. The maximum Gasteiger partial charge on any atom is 0.137 e. The van der Waals surface area contributed by atoms with Gasteiger partial charge in [-0.25, -0.2) is 9.97 Å². The van der Waals surface area contributed by atoms with Gasteiger partial charge in [-0.3, -0.25) is 0 Å². The van der Waals surface area contributed by atoms with Crippen molar-refractivity contribution in [2.75, 3.05) is 16.8 Å². The lowest BCUT2D eigenvalue weighted by atomic mass is 10.2. The summed E-state index contributed by atoms with van der Waals surface area (Å²) < 4.78 is 0. The molecule has 1 aliphatic rings. The largest absolute Gasteiger partial charge is 0.366 e. The molecule has 0 amide bonds. The number of anilines is 1. The molecular formula is C11H16ClN3S. The van der Waals surface area contributed by atoms with Crippen LogP contribution in [0.25, 0.3) is 0 Å². The Bertz CT molecular complexity index is 378. The molecular weight excluding hydrogens is 242 g/mol. The smallest absolute Gasteiger partial charge is 0.137 e. The molecule has 1 aliphatic heterocycles. The Morgan fingerprint density at radius 1 is 1.38 bits per heavy atom. The van der Waals surface area contributed by atoms with Crippen LogP contribution >= 0.6 is 23.4 Å². The first-order valence-corrected chi connectivity index (χ1v) is 7.05. The normalized spacial score (nSPS) is 20.8. The first-order valence-electron chi connectivity index (χ1n) is 5.52. The average Bonchev–Trinajstić information content (AvgIpc) is 2.27. The Balaban J connectivity index is 2.13. The highest BCUT2D eigenvalue weighted by Gasteiger charge is 2.16. The van der Waals surface area contributed by atoms with E-state index in [9.17, 15) is 0 Å². The summed E-state index contributed by atoms with van der Waals surface area (Å²) in [5.41, 5.74) is 0.947. The number of aromatic nitrogens is 2. The zero-order valence-electron chi connectivity index (χ0n) is 9.59. The summed E-state index contributed by atoms with van der Waals surface area (Å²) in [6.07, 6.45) is 2.49. The molecule has 16 heavy (non-hydrogen) atoms. The van der Waals surface area contributed by atoms with Crippen LogP contribution < -0.4 is 5.32 Å². The molecule has 1 aromatic rings. The van der Waals surface area contributed by atoms with Gasteiger partial charge in [0.2, 0.25) is 0 Å². The molecule has 1 fully saturated rings. The van der Waals surface area contributed by atoms with Gasteiger partial charge < -0.3 is 5.32 Å². The second-order valence-electron chi connectivity index (χ2n) is 4.09. The number of hydrogen-bond donors (Lipinski definition) is 1. The molecule has 2 rings (SSSR count). The summed E-state index contributed by atoms with van der Waals surface area (Å²) in [5, 5.41) is 4.03. The Morgan fingerprint density at radius 3 is 2.88 bits per heavy atom. The maximum atomic E-state index is 6.04. The molecule has 0 aliphatic carbocycles. The molecule has 0 radical (unpaired) electrons. The van der Waals surface area contributed by atoms with Crippen LogP contribution in [0.5, 0.6) is 0 Å². The molecule has 1 atom stereocenters. The number of hydrogen-bond acceptors (Lipinski definition) is 4. The molecule has 0 spiro atoms. The highest BCUT2D eigenvalue weighted by molar-refractivity contribution is 7.99. The molecule has 2 heterocycles. The fourth-order valence-corrected chi connectivity index (χ4v) is 3.07. The molecule has 88 valence electrons.